The van der Waals surface area contributed by atoms with Crippen LogP contribution in [0.25, 0.3) is 0 Å². The summed E-state index contributed by atoms with van der Waals surface area (Å²) in [6.45, 7) is 13.9. The Morgan fingerprint density at radius 3 is 2.47 bits per heavy atom. The van der Waals surface area contributed by atoms with Crippen molar-refractivity contribution in [2.24, 2.45) is 11.3 Å². The van der Waals surface area contributed by atoms with Crippen LogP contribution in [0.2, 0.25) is 0 Å². The lowest BCUT2D eigenvalue weighted by atomic mass is 9.72. The maximum absolute atomic E-state index is 15.2. The third-order valence-corrected chi connectivity index (χ3v) is 8.35. The van der Waals surface area contributed by atoms with Gasteiger partial charge in [0, 0.05) is 25.7 Å². The summed E-state index contributed by atoms with van der Waals surface area (Å²) in [7, 11) is 0. The van der Waals surface area contributed by atoms with Crippen LogP contribution in [0.3, 0.4) is 0 Å². The van der Waals surface area contributed by atoms with Gasteiger partial charge in [-0.15, -0.1) is 0 Å². The predicted molar refractivity (Wildman–Crippen MR) is 139 cm³/mol. The number of benzene rings is 1. The predicted octanol–water partition coefficient (Wildman–Crippen LogP) is 5.06. The van der Waals surface area contributed by atoms with Crippen LogP contribution >= 0.6 is 0 Å². The molecule has 7 nitrogen and oxygen atoms in total. The zero-order valence-corrected chi connectivity index (χ0v) is 22.2. The molecule has 5 rings (SSSR count). The Morgan fingerprint density at radius 1 is 1.14 bits per heavy atom. The van der Waals surface area contributed by atoms with Crippen molar-refractivity contribution in [2.45, 2.75) is 78.7 Å². The molecule has 0 unspecified atom stereocenters. The third kappa shape index (κ3) is 4.64. The molecule has 0 spiro atoms. The minimum Gasteiger partial charge on any atom is -0.472 e. The van der Waals surface area contributed by atoms with Crippen LogP contribution < -0.4 is 15.1 Å². The molecule has 0 aromatic heterocycles. The van der Waals surface area contributed by atoms with Crippen LogP contribution in [0.5, 0.6) is 0 Å². The summed E-state index contributed by atoms with van der Waals surface area (Å²) in [5.41, 5.74) is 2.91. The van der Waals surface area contributed by atoms with Gasteiger partial charge in [0.05, 0.1) is 30.3 Å². The fourth-order valence-corrected chi connectivity index (χ4v) is 6.20. The first-order valence-electron chi connectivity index (χ1n) is 13.4. The quantitative estimate of drug-likeness (QED) is 0.579. The van der Waals surface area contributed by atoms with Crippen LogP contribution in [-0.4, -0.2) is 57.2 Å². The molecule has 36 heavy (non-hydrogen) atoms. The van der Waals surface area contributed by atoms with Crippen molar-refractivity contribution in [3.63, 3.8) is 0 Å². The molecule has 3 aliphatic heterocycles. The van der Waals surface area contributed by atoms with E-state index >= 15 is 4.39 Å². The van der Waals surface area contributed by atoms with Gasteiger partial charge in [0.2, 0.25) is 0 Å². The normalized spacial score (nSPS) is 28.3. The highest BCUT2D eigenvalue weighted by atomic mass is 19.1. The van der Waals surface area contributed by atoms with Crippen LogP contribution in [0.4, 0.5) is 21.5 Å². The molecule has 3 heterocycles. The molecule has 0 bridgehead atoms. The fraction of sp³-hybridized carbons (Fsp3) is 0.679. The van der Waals surface area contributed by atoms with Crippen LogP contribution in [0.1, 0.15) is 60.3 Å². The molecule has 1 aromatic rings. The molecule has 8 heteroatoms. The Bertz CT molecular complexity index is 1020. The number of ether oxygens (including phenoxy) is 3. The number of rotatable bonds is 4. The molecule has 1 N–H and O–H groups in total. The number of nitrogens with zero attached hydrogens (tertiary/aromatic N) is 2. The number of hydrogen-bond acceptors (Lipinski definition) is 7. The van der Waals surface area contributed by atoms with E-state index in [9.17, 15) is 4.79 Å². The van der Waals surface area contributed by atoms with Crippen molar-refractivity contribution in [3.8, 4) is 0 Å². The van der Waals surface area contributed by atoms with E-state index in [-0.39, 0.29) is 29.5 Å². The number of carbonyl (C=O) groups excluding carboxylic acids is 1. The molecule has 1 aromatic carbocycles. The lowest BCUT2D eigenvalue weighted by molar-refractivity contribution is -0.146. The van der Waals surface area contributed by atoms with E-state index in [2.05, 4.69) is 31.0 Å². The lowest BCUT2D eigenvalue weighted by Gasteiger charge is -2.41. The number of carbonyl (C=O) groups is 1. The number of anilines is 3. The first-order chi connectivity index (χ1) is 17.2. The molecule has 0 amide bonds. The average Bonchev–Trinajstić information content (AvgIpc) is 3.17. The number of morpholine rings is 1. The number of fused-ring (bicyclic) bond motifs is 2. The molecule has 2 atom stereocenters. The summed E-state index contributed by atoms with van der Waals surface area (Å²) in [5, 5.41) is 3.41. The van der Waals surface area contributed by atoms with Gasteiger partial charge in [-0.3, -0.25) is 0 Å². The molecular weight excluding hydrogens is 461 g/mol. The number of nitrogens with one attached hydrogen (secondary N) is 1. The second kappa shape index (κ2) is 9.77. The molecule has 1 saturated heterocycles. The number of likely N-dealkylation sites (N-methyl/N-ethyl adjacent to an activating group) is 1. The first-order valence-corrected chi connectivity index (χ1v) is 13.4. The molecule has 0 radical (unpaired) electrons. The summed E-state index contributed by atoms with van der Waals surface area (Å²) in [5.74, 6) is 0.624. The van der Waals surface area contributed by atoms with Crippen molar-refractivity contribution >= 4 is 23.0 Å². The van der Waals surface area contributed by atoms with Crippen molar-refractivity contribution in [2.75, 3.05) is 48.0 Å². The van der Waals surface area contributed by atoms with Crippen LogP contribution in [-0.2, 0) is 19.0 Å². The maximum Gasteiger partial charge on any atom is 0.340 e. The summed E-state index contributed by atoms with van der Waals surface area (Å²) < 4.78 is 32.9. The fourth-order valence-electron chi connectivity index (χ4n) is 6.20. The smallest absolute Gasteiger partial charge is 0.340 e. The summed E-state index contributed by atoms with van der Waals surface area (Å²) in [6, 6.07) is 3.03. The van der Waals surface area contributed by atoms with Crippen molar-refractivity contribution < 1.29 is 23.4 Å². The van der Waals surface area contributed by atoms with E-state index in [4.69, 9.17) is 14.2 Å². The number of allylic oxidation sites excluding steroid dienone is 1. The maximum atomic E-state index is 15.2. The van der Waals surface area contributed by atoms with Gasteiger partial charge in [-0.1, -0.05) is 20.8 Å². The monoisotopic (exact) mass is 501 g/mol. The average molecular weight is 502 g/mol. The molecule has 4 aliphatic rings. The summed E-state index contributed by atoms with van der Waals surface area (Å²) in [4.78, 5) is 17.5. The highest BCUT2D eigenvalue weighted by molar-refractivity contribution is 5.93. The molecular formula is C28H40FN3O4. The minimum absolute atomic E-state index is 0.0675. The van der Waals surface area contributed by atoms with E-state index in [1.54, 1.807) is 6.07 Å². The minimum atomic E-state index is -0.412. The highest BCUT2D eigenvalue weighted by Gasteiger charge is 2.47. The zero-order valence-electron chi connectivity index (χ0n) is 22.2. The molecule has 1 saturated carbocycles. The third-order valence-electron chi connectivity index (χ3n) is 8.35. The lowest BCUT2D eigenvalue weighted by Crippen LogP contribution is -2.51. The van der Waals surface area contributed by atoms with Gasteiger partial charge in [-0.2, -0.15) is 0 Å². The van der Waals surface area contributed by atoms with Crippen molar-refractivity contribution in [1.82, 2.24) is 0 Å². The van der Waals surface area contributed by atoms with Gasteiger partial charge in [-0.25, -0.2) is 9.18 Å². The zero-order chi connectivity index (χ0) is 25.6. The highest BCUT2D eigenvalue weighted by Crippen LogP contribution is 2.44. The molecule has 2 fully saturated rings. The standard InChI is InChI=1S/C28H40FN3O4/c1-6-32-23-16-22(31-11-13-34-14-12-31)20(29)15-21(23)30-25-24(17(2)35-26(25)32)27(33)36-19-9-7-18(8-10-19)28(3,4)5/h15-16,18-19,25-26,30H,6-14H2,1-5H3/t18?,19?,25-,26+/m0/s1. The second-order valence-corrected chi connectivity index (χ2v) is 11.6. The van der Waals surface area contributed by atoms with E-state index in [0.717, 1.165) is 31.4 Å². The SMILES string of the molecule is CCN1c2cc(N3CCOCC3)c(F)cc2N[C@H]2C(C(=O)OC3CCC(C(C)(C)C)CC3)=C(C)O[C@H]21. The van der Waals surface area contributed by atoms with Gasteiger partial charge >= 0.3 is 5.97 Å². The Balaban J connectivity index is 1.33. The topological polar surface area (TPSA) is 63.3 Å². The molecule has 198 valence electrons. The Labute approximate surface area is 213 Å². The van der Waals surface area contributed by atoms with E-state index < -0.39 is 6.04 Å². The van der Waals surface area contributed by atoms with E-state index in [1.807, 2.05) is 24.8 Å². The second-order valence-electron chi connectivity index (χ2n) is 11.6. The van der Waals surface area contributed by atoms with Crippen LogP contribution in [0.15, 0.2) is 23.5 Å². The van der Waals surface area contributed by atoms with Gasteiger partial charge in [0.15, 0.2) is 6.23 Å². The van der Waals surface area contributed by atoms with E-state index in [1.165, 1.54) is 0 Å². The van der Waals surface area contributed by atoms with Crippen LogP contribution in [0, 0.1) is 17.2 Å². The van der Waals surface area contributed by atoms with Crippen molar-refractivity contribution in [1.29, 1.82) is 0 Å². The largest absolute Gasteiger partial charge is 0.472 e. The Hall–Kier alpha value is -2.48. The van der Waals surface area contributed by atoms with Crippen molar-refractivity contribution in [3.05, 3.63) is 29.3 Å². The van der Waals surface area contributed by atoms with Gasteiger partial charge in [0.1, 0.15) is 29.3 Å². The van der Waals surface area contributed by atoms with Gasteiger partial charge in [0.25, 0.3) is 0 Å². The number of halogens is 1. The Kier molecular flexibility index (Phi) is 6.83. The number of esters is 1. The summed E-state index contributed by atoms with van der Waals surface area (Å²) in [6.07, 6.45) is 3.47. The summed E-state index contributed by atoms with van der Waals surface area (Å²) >= 11 is 0. The first kappa shape index (κ1) is 25.2. The van der Waals surface area contributed by atoms with Gasteiger partial charge < -0.3 is 29.3 Å². The van der Waals surface area contributed by atoms with Gasteiger partial charge in [-0.05, 0) is 56.9 Å². The molecule has 1 aliphatic carbocycles. The van der Waals surface area contributed by atoms with E-state index in [0.29, 0.717) is 61.5 Å². The number of hydrogen-bond donors (Lipinski definition) is 1. The Morgan fingerprint density at radius 2 is 1.83 bits per heavy atom.